The van der Waals surface area contributed by atoms with Gasteiger partial charge in [0.1, 0.15) is 11.5 Å². The van der Waals surface area contributed by atoms with Crippen LogP contribution in [-0.2, 0) is 0 Å². The van der Waals surface area contributed by atoms with Crippen LogP contribution in [0.25, 0.3) is 21.9 Å². The second-order valence-electron chi connectivity index (χ2n) is 4.59. The van der Waals surface area contributed by atoms with Crippen LogP contribution in [0.3, 0.4) is 0 Å². The third kappa shape index (κ3) is 2.30. The predicted molar refractivity (Wildman–Crippen MR) is 82.6 cm³/mol. The molecule has 0 fully saturated rings. The molecule has 0 unspecified atom stereocenters. The molecule has 100 valence electrons. The van der Waals surface area contributed by atoms with Gasteiger partial charge in [0.25, 0.3) is 0 Å². The predicted octanol–water partition coefficient (Wildman–Crippen LogP) is 4.87. The van der Waals surface area contributed by atoms with Gasteiger partial charge in [0.2, 0.25) is 0 Å². The SMILES string of the molecule is COc1ccc2cc(-c3ccc(O)c(Cl)c3)ccc2c1. The Kier molecular flexibility index (Phi) is 3.25. The Morgan fingerprint density at radius 1 is 0.850 bits per heavy atom. The molecule has 0 atom stereocenters. The molecular weight excluding hydrogens is 272 g/mol. The molecule has 0 bridgehead atoms. The molecule has 20 heavy (non-hydrogen) atoms. The van der Waals surface area contributed by atoms with Gasteiger partial charge in [0.05, 0.1) is 12.1 Å². The molecule has 0 aliphatic rings. The molecule has 0 saturated heterocycles. The third-order valence-corrected chi connectivity index (χ3v) is 3.63. The summed E-state index contributed by atoms with van der Waals surface area (Å²) in [6.07, 6.45) is 0. The van der Waals surface area contributed by atoms with Crippen molar-refractivity contribution in [2.75, 3.05) is 7.11 Å². The summed E-state index contributed by atoms with van der Waals surface area (Å²) in [5, 5.41) is 12.1. The lowest BCUT2D eigenvalue weighted by Crippen LogP contribution is -1.83. The van der Waals surface area contributed by atoms with E-state index in [1.54, 1.807) is 19.2 Å². The van der Waals surface area contributed by atoms with Gasteiger partial charge in [-0.2, -0.15) is 0 Å². The highest BCUT2D eigenvalue weighted by Gasteiger charge is 2.04. The van der Waals surface area contributed by atoms with Crippen molar-refractivity contribution >= 4 is 22.4 Å². The van der Waals surface area contributed by atoms with Crippen molar-refractivity contribution in [3.05, 3.63) is 59.6 Å². The number of benzene rings is 3. The highest BCUT2D eigenvalue weighted by molar-refractivity contribution is 6.32. The largest absolute Gasteiger partial charge is 0.506 e. The van der Waals surface area contributed by atoms with E-state index < -0.39 is 0 Å². The van der Waals surface area contributed by atoms with Crippen LogP contribution >= 0.6 is 11.6 Å². The summed E-state index contributed by atoms with van der Waals surface area (Å²) in [6, 6.07) is 17.4. The van der Waals surface area contributed by atoms with E-state index in [1.165, 1.54) is 0 Å². The Hall–Kier alpha value is -2.19. The molecule has 0 saturated carbocycles. The minimum atomic E-state index is 0.0981. The molecular formula is C17H13ClO2. The molecule has 0 radical (unpaired) electrons. The summed E-state index contributed by atoms with van der Waals surface area (Å²) < 4.78 is 5.22. The number of ether oxygens (including phenoxy) is 1. The lowest BCUT2D eigenvalue weighted by atomic mass is 10.0. The van der Waals surface area contributed by atoms with E-state index in [1.807, 2.05) is 36.4 Å². The smallest absolute Gasteiger partial charge is 0.134 e. The van der Waals surface area contributed by atoms with Crippen LogP contribution in [0.5, 0.6) is 11.5 Å². The summed E-state index contributed by atoms with van der Waals surface area (Å²) in [4.78, 5) is 0. The number of fused-ring (bicyclic) bond motifs is 1. The van der Waals surface area contributed by atoms with Crippen molar-refractivity contribution in [3.8, 4) is 22.6 Å². The lowest BCUT2D eigenvalue weighted by molar-refractivity contribution is 0.415. The fraction of sp³-hybridized carbons (Fsp3) is 0.0588. The van der Waals surface area contributed by atoms with Crippen LogP contribution in [0.1, 0.15) is 0 Å². The molecule has 2 nitrogen and oxygen atoms in total. The summed E-state index contributed by atoms with van der Waals surface area (Å²) in [5.74, 6) is 0.943. The van der Waals surface area contributed by atoms with E-state index in [-0.39, 0.29) is 5.75 Å². The van der Waals surface area contributed by atoms with Gasteiger partial charge >= 0.3 is 0 Å². The molecule has 0 spiro atoms. The van der Waals surface area contributed by atoms with Gasteiger partial charge in [-0.1, -0.05) is 35.9 Å². The summed E-state index contributed by atoms with van der Waals surface area (Å²) in [7, 11) is 1.66. The molecule has 3 aromatic rings. The molecule has 0 amide bonds. The Labute approximate surface area is 122 Å². The molecule has 0 heterocycles. The quantitative estimate of drug-likeness (QED) is 0.727. The van der Waals surface area contributed by atoms with E-state index >= 15 is 0 Å². The normalized spacial score (nSPS) is 10.7. The fourth-order valence-electron chi connectivity index (χ4n) is 2.22. The van der Waals surface area contributed by atoms with E-state index in [2.05, 4.69) is 6.07 Å². The van der Waals surface area contributed by atoms with Crippen LogP contribution in [0.2, 0.25) is 5.02 Å². The maximum atomic E-state index is 9.47. The van der Waals surface area contributed by atoms with Gasteiger partial charge in [0, 0.05) is 0 Å². The minimum absolute atomic E-state index is 0.0981. The van der Waals surface area contributed by atoms with Gasteiger partial charge in [-0.3, -0.25) is 0 Å². The second kappa shape index (κ2) is 5.06. The third-order valence-electron chi connectivity index (χ3n) is 3.33. The number of phenolic OH excluding ortho intramolecular Hbond substituents is 1. The van der Waals surface area contributed by atoms with Crippen molar-refractivity contribution in [2.24, 2.45) is 0 Å². The topological polar surface area (TPSA) is 29.5 Å². The zero-order valence-corrected chi connectivity index (χ0v) is 11.7. The Bertz CT molecular complexity index is 781. The average Bonchev–Trinajstić information content (AvgIpc) is 2.49. The van der Waals surface area contributed by atoms with Crippen LogP contribution in [0.15, 0.2) is 54.6 Å². The van der Waals surface area contributed by atoms with Gasteiger partial charge in [-0.25, -0.2) is 0 Å². The maximum Gasteiger partial charge on any atom is 0.134 e. The molecule has 3 heteroatoms. The minimum Gasteiger partial charge on any atom is -0.506 e. The number of rotatable bonds is 2. The standard InChI is InChI=1S/C17H13ClO2/c1-20-15-6-4-12-8-11(2-3-13(12)9-15)14-5-7-17(19)16(18)10-14/h2-10,19H,1H3. The highest BCUT2D eigenvalue weighted by Crippen LogP contribution is 2.31. The summed E-state index contributed by atoms with van der Waals surface area (Å²) >= 11 is 5.96. The zero-order valence-electron chi connectivity index (χ0n) is 10.9. The van der Waals surface area contributed by atoms with Crippen molar-refractivity contribution < 1.29 is 9.84 Å². The molecule has 0 aliphatic heterocycles. The maximum absolute atomic E-state index is 9.47. The van der Waals surface area contributed by atoms with Gasteiger partial charge in [-0.15, -0.1) is 0 Å². The Balaban J connectivity index is 2.10. The number of hydrogen-bond acceptors (Lipinski definition) is 2. The first-order valence-electron chi connectivity index (χ1n) is 6.24. The Morgan fingerprint density at radius 2 is 1.50 bits per heavy atom. The lowest BCUT2D eigenvalue weighted by Gasteiger charge is -2.07. The van der Waals surface area contributed by atoms with Crippen molar-refractivity contribution in [1.29, 1.82) is 0 Å². The summed E-state index contributed by atoms with van der Waals surface area (Å²) in [5.41, 5.74) is 2.04. The van der Waals surface area contributed by atoms with E-state index in [9.17, 15) is 5.11 Å². The van der Waals surface area contributed by atoms with Crippen molar-refractivity contribution in [2.45, 2.75) is 0 Å². The molecule has 3 aromatic carbocycles. The molecule has 3 rings (SSSR count). The first-order valence-corrected chi connectivity index (χ1v) is 6.62. The monoisotopic (exact) mass is 284 g/mol. The number of methoxy groups -OCH3 is 1. The number of aromatic hydroxyl groups is 1. The van der Waals surface area contributed by atoms with Gasteiger partial charge < -0.3 is 9.84 Å². The van der Waals surface area contributed by atoms with Gasteiger partial charge in [0.15, 0.2) is 0 Å². The van der Waals surface area contributed by atoms with E-state index in [0.29, 0.717) is 5.02 Å². The number of halogens is 1. The first-order chi connectivity index (χ1) is 9.67. The van der Waals surface area contributed by atoms with E-state index in [0.717, 1.165) is 27.6 Å². The molecule has 1 N–H and O–H groups in total. The fourth-order valence-corrected chi connectivity index (χ4v) is 2.40. The summed E-state index contributed by atoms with van der Waals surface area (Å²) in [6.45, 7) is 0. The van der Waals surface area contributed by atoms with Crippen LogP contribution in [0, 0.1) is 0 Å². The number of phenols is 1. The van der Waals surface area contributed by atoms with Crippen LogP contribution in [-0.4, -0.2) is 12.2 Å². The van der Waals surface area contributed by atoms with Gasteiger partial charge in [-0.05, 0) is 52.2 Å². The molecule has 0 aromatic heterocycles. The van der Waals surface area contributed by atoms with Crippen LogP contribution < -0.4 is 4.74 Å². The first kappa shape index (κ1) is 12.8. The van der Waals surface area contributed by atoms with Crippen molar-refractivity contribution in [3.63, 3.8) is 0 Å². The zero-order chi connectivity index (χ0) is 14.1. The molecule has 0 aliphatic carbocycles. The average molecular weight is 285 g/mol. The number of hydrogen-bond donors (Lipinski definition) is 1. The van der Waals surface area contributed by atoms with Crippen LogP contribution in [0.4, 0.5) is 0 Å². The Morgan fingerprint density at radius 3 is 2.25 bits per heavy atom. The van der Waals surface area contributed by atoms with Crippen molar-refractivity contribution in [1.82, 2.24) is 0 Å². The van der Waals surface area contributed by atoms with E-state index in [4.69, 9.17) is 16.3 Å². The highest BCUT2D eigenvalue weighted by atomic mass is 35.5. The second-order valence-corrected chi connectivity index (χ2v) is 5.00.